The second-order valence-electron chi connectivity index (χ2n) is 3.30. The zero-order valence-electron chi connectivity index (χ0n) is 8.25. The molecule has 1 unspecified atom stereocenters. The van der Waals surface area contributed by atoms with Crippen LogP contribution in [0.2, 0.25) is 0 Å². The fraction of sp³-hybridized carbons (Fsp3) is 0.500. The number of nitrogen functional groups attached to an aromatic ring is 1. The van der Waals surface area contributed by atoms with E-state index in [1.54, 1.807) is 12.4 Å². The highest BCUT2D eigenvalue weighted by Crippen LogP contribution is 2.17. The lowest BCUT2D eigenvalue weighted by Gasteiger charge is -2.15. The number of nitrogens with two attached hydrogens (primary N) is 1. The van der Waals surface area contributed by atoms with Gasteiger partial charge in [0.05, 0.1) is 17.6 Å². The van der Waals surface area contributed by atoms with Crippen LogP contribution in [0.25, 0.3) is 0 Å². The molecule has 72 valence electrons. The fourth-order valence-electron chi connectivity index (χ4n) is 1.31. The lowest BCUT2D eigenvalue weighted by molar-refractivity contribution is 0.690. The molecule has 0 aromatic carbocycles. The zero-order chi connectivity index (χ0) is 9.68. The summed E-state index contributed by atoms with van der Waals surface area (Å²) in [7, 11) is 0. The van der Waals surface area contributed by atoms with Crippen molar-refractivity contribution in [2.24, 2.45) is 0 Å². The van der Waals surface area contributed by atoms with Crippen LogP contribution in [0.3, 0.4) is 0 Å². The van der Waals surface area contributed by atoms with Crippen LogP contribution >= 0.6 is 0 Å². The van der Waals surface area contributed by atoms with E-state index >= 15 is 0 Å². The highest BCUT2D eigenvalue weighted by atomic mass is 14.9. The standard InChI is InChI=1S/C10H17N3/c1-3-4-8(2)13-10-5-6-12-7-9(10)11/h5-8H,3-4,11H2,1-2H3,(H,12,13). The minimum Gasteiger partial charge on any atom is -0.396 e. The SMILES string of the molecule is CCCC(C)Nc1ccncc1N. The van der Waals surface area contributed by atoms with Crippen molar-refractivity contribution >= 4 is 11.4 Å². The van der Waals surface area contributed by atoms with E-state index in [1.807, 2.05) is 6.07 Å². The maximum atomic E-state index is 5.74. The van der Waals surface area contributed by atoms with Gasteiger partial charge in [0.15, 0.2) is 0 Å². The lowest BCUT2D eigenvalue weighted by Crippen LogP contribution is -2.15. The number of pyridine rings is 1. The number of nitrogens with zero attached hydrogens (tertiary/aromatic N) is 1. The third kappa shape index (κ3) is 2.93. The highest BCUT2D eigenvalue weighted by molar-refractivity contribution is 5.64. The van der Waals surface area contributed by atoms with Gasteiger partial charge in [0.1, 0.15) is 0 Å². The maximum absolute atomic E-state index is 5.74. The Balaban J connectivity index is 2.58. The number of nitrogens with one attached hydrogen (secondary N) is 1. The molecule has 0 spiro atoms. The first kappa shape index (κ1) is 9.84. The van der Waals surface area contributed by atoms with Gasteiger partial charge in [-0.05, 0) is 19.4 Å². The van der Waals surface area contributed by atoms with Crippen LogP contribution in [0.4, 0.5) is 11.4 Å². The van der Waals surface area contributed by atoms with Gasteiger partial charge in [0.25, 0.3) is 0 Å². The Morgan fingerprint density at radius 3 is 3.00 bits per heavy atom. The van der Waals surface area contributed by atoms with Crippen molar-refractivity contribution in [2.75, 3.05) is 11.1 Å². The smallest absolute Gasteiger partial charge is 0.0736 e. The summed E-state index contributed by atoms with van der Waals surface area (Å²) in [5.74, 6) is 0. The lowest BCUT2D eigenvalue weighted by atomic mass is 10.2. The second kappa shape index (κ2) is 4.70. The molecule has 1 aromatic rings. The molecule has 3 N–H and O–H groups in total. The van der Waals surface area contributed by atoms with Gasteiger partial charge in [0.2, 0.25) is 0 Å². The molecule has 0 amide bonds. The average Bonchev–Trinajstić information content (AvgIpc) is 2.09. The molecule has 0 saturated heterocycles. The van der Waals surface area contributed by atoms with Crippen molar-refractivity contribution in [3.05, 3.63) is 18.5 Å². The van der Waals surface area contributed by atoms with Crippen LogP contribution in [0.5, 0.6) is 0 Å². The van der Waals surface area contributed by atoms with Crippen molar-refractivity contribution < 1.29 is 0 Å². The monoisotopic (exact) mass is 179 g/mol. The van der Waals surface area contributed by atoms with Crippen molar-refractivity contribution in [3.8, 4) is 0 Å². The highest BCUT2D eigenvalue weighted by Gasteiger charge is 2.02. The molecule has 0 fully saturated rings. The van der Waals surface area contributed by atoms with Crippen LogP contribution in [-0.4, -0.2) is 11.0 Å². The normalized spacial score (nSPS) is 12.5. The van der Waals surface area contributed by atoms with E-state index in [2.05, 4.69) is 24.1 Å². The largest absolute Gasteiger partial charge is 0.396 e. The van der Waals surface area contributed by atoms with Crippen LogP contribution in [-0.2, 0) is 0 Å². The Labute approximate surface area is 79.4 Å². The summed E-state index contributed by atoms with van der Waals surface area (Å²) >= 11 is 0. The van der Waals surface area contributed by atoms with Gasteiger partial charge in [-0.25, -0.2) is 0 Å². The number of rotatable bonds is 4. The van der Waals surface area contributed by atoms with Crippen molar-refractivity contribution in [2.45, 2.75) is 32.7 Å². The molecule has 0 radical (unpaired) electrons. The minimum atomic E-state index is 0.467. The number of hydrogen-bond acceptors (Lipinski definition) is 3. The molecule has 0 aliphatic rings. The molecular formula is C10H17N3. The van der Waals surface area contributed by atoms with Gasteiger partial charge in [0, 0.05) is 12.2 Å². The van der Waals surface area contributed by atoms with Gasteiger partial charge in [-0.2, -0.15) is 0 Å². The van der Waals surface area contributed by atoms with Crippen LogP contribution < -0.4 is 11.1 Å². The molecule has 1 aromatic heterocycles. The summed E-state index contributed by atoms with van der Waals surface area (Å²) in [5.41, 5.74) is 7.44. The first-order valence-corrected chi connectivity index (χ1v) is 4.70. The molecule has 0 aliphatic heterocycles. The third-order valence-corrected chi connectivity index (χ3v) is 1.98. The quantitative estimate of drug-likeness (QED) is 0.745. The van der Waals surface area contributed by atoms with Gasteiger partial charge in [-0.15, -0.1) is 0 Å². The summed E-state index contributed by atoms with van der Waals surface area (Å²) in [6.07, 6.45) is 5.75. The molecule has 3 heteroatoms. The van der Waals surface area contributed by atoms with Crippen LogP contribution in [0, 0.1) is 0 Å². The predicted molar refractivity (Wildman–Crippen MR) is 56.6 cm³/mol. The number of hydrogen-bond donors (Lipinski definition) is 2. The molecule has 1 heterocycles. The Bertz CT molecular complexity index is 260. The van der Waals surface area contributed by atoms with Crippen molar-refractivity contribution in [3.63, 3.8) is 0 Å². The van der Waals surface area contributed by atoms with Crippen molar-refractivity contribution in [1.29, 1.82) is 0 Å². The summed E-state index contributed by atoms with van der Waals surface area (Å²) < 4.78 is 0. The first-order chi connectivity index (χ1) is 6.24. The van der Waals surface area contributed by atoms with E-state index in [9.17, 15) is 0 Å². The van der Waals surface area contributed by atoms with Gasteiger partial charge in [-0.1, -0.05) is 13.3 Å². The second-order valence-corrected chi connectivity index (χ2v) is 3.30. The first-order valence-electron chi connectivity index (χ1n) is 4.70. The van der Waals surface area contributed by atoms with E-state index in [1.165, 1.54) is 6.42 Å². The molecule has 3 nitrogen and oxygen atoms in total. The van der Waals surface area contributed by atoms with Gasteiger partial charge >= 0.3 is 0 Å². The topological polar surface area (TPSA) is 50.9 Å². The van der Waals surface area contributed by atoms with Gasteiger partial charge in [-0.3, -0.25) is 4.98 Å². The van der Waals surface area contributed by atoms with Crippen LogP contribution in [0.15, 0.2) is 18.5 Å². The van der Waals surface area contributed by atoms with Gasteiger partial charge < -0.3 is 11.1 Å². The minimum absolute atomic E-state index is 0.467. The number of anilines is 2. The Hall–Kier alpha value is -1.25. The third-order valence-electron chi connectivity index (χ3n) is 1.98. The molecular weight excluding hydrogens is 162 g/mol. The number of aromatic nitrogens is 1. The predicted octanol–water partition coefficient (Wildman–Crippen LogP) is 2.26. The Morgan fingerprint density at radius 1 is 1.62 bits per heavy atom. The Kier molecular flexibility index (Phi) is 3.55. The summed E-state index contributed by atoms with van der Waals surface area (Å²) in [5, 5.41) is 3.35. The van der Waals surface area contributed by atoms with E-state index in [-0.39, 0.29) is 0 Å². The zero-order valence-corrected chi connectivity index (χ0v) is 8.25. The molecule has 1 atom stereocenters. The van der Waals surface area contributed by atoms with E-state index in [0.717, 1.165) is 12.1 Å². The fourth-order valence-corrected chi connectivity index (χ4v) is 1.31. The summed E-state index contributed by atoms with van der Waals surface area (Å²) in [6, 6.07) is 2.37. The molecule has 1 rings (SSSR count). The van der Waals surface area contributed by atoms with E-state index < -0.39 is 0 Å². The van der Waals surface area contributed by atoms with Crippen molar-refractivity contribution in [1.82, 2.24) is 4.98 Å². The van der Waals surface area contributed by atoms with Crippen LogP contribution in [0.1, 0.15) is 26.7 Å². The van der Waals surface area contributed by atoms with E-state index in [0.29, 0.717) is 11.7 Å². The molecule has 0 saturated carbocycles. The molecule has 13 heavy (non-hydrogen) atoms. The molecule has 0 bridgehead atoms. The summed E-state index contributed by atoms with van der Waals surface area (Å²) in [6.45, 7) is 4.33. The van der Waals surface area contributed by atoms with E-state index in [4.69, 9.17) is 5.73 Å². The summed E-state index contributed by atoms with van der Waals surface area (Å²) in [4.78, 5) is 3.93. The molecule has 0 aliphatic carbocycles. The Morgan fingerprint density at radius 2 is 2.38 bits per heavy atom. The average molecular weight is 179 g/mol. The maximum Gasteiger partial charge on any atom is 0.0736 e.